The van der Waals surface area contributed by atoms with Gasteiger partial charge in [-0.3, -0.25) is 4.79 Å². The van der Waals surface area contributed by atoms with Gasteiger partial charge in [-0.05, 0) is 25.0 Å². The molecule has 92 valence electrons. The van der Waals surface area contributed by atoms with Gasteiger partial charge in [-0.2, -0.15) is 13.2 Å². The van der Waals surface area contributed by atoms with Crippen molar-refractivity contribution in [1.82, 2.24) is 0 Å². The molecule has 0 amide bonds. The summed E-state index contributed by atoms with van der Waals surface area (Å²) in [5.74, 6) is -0.416. The first kappa shape index (κ1) is 12.0. The first-order valence-corrected chi connectivity index (χ1v) is 5.41. The predicted octanol–water partition coefficient (Wildman–Crippen LogP) is 3.27. The fraction of sp³-hybridized carbons (Fsp3) is 0.417. The Balaban J connectivity index is 2.38. The van der Waals surface area contributed by atoms with Gasteiger partial charge in [0.2, 0.25) is 0 Å². The third kappa shape index (κ3) is 2.14. The second kappa shape index (κ2) is 4.05. The van der Waals surface area contributed by atoms with E-state index in [4.69, 9.17) is 5.73 Å². The van der Waals surface area contributed by atoms with Crippen LogP contribution in [0.3, 0.4) is 0 Å². The molecule has 0 aromatic heterocycles. The molecule has 5 heteroatoms. The summed E-state index contributed by atoms with van der Waals surface area (Å²) in [4.78, 5) is 11.9. The van der Waals surface area contributed by atoms with Gasteiger partial charge in [0.25, 0.3) is 0 Å². The lowest BCUT2D eigenvalue weighted by atomic mass is 9.79. The molecule has 1 fully saturated rings. The Morgan fingerprint density at radius 2 is 1.94 bits per heavy atom. The second-order valence-corrected chi connectivity index (χ2v) is 4.26. The number of anilines is 1. The van der Waals surface area contributed by atoms with E-state index in [1.165, 1.54) is 12.1 Å². The van der Waals surface area contributed by atoms with E-state index in [-0.39, 0.29) is 17.3 Å². The third-order valence-corrected chi connectivity index (χ3v) is 3.15. The average molecular weight is 243 g/mol. The summed E-state index contributed by atoms with van der Waals surface area (Å²) in [6, 6.07) is 3.49. The van der Waals surface area contributed by atoms with E-state index in [2.05, 4.69) is 0 Å². The average Bonchev–Trinajstić information content (AvgIpc) is 2.13. The molecule has 1 aromatic rings. The monoisotopic (exact) mass is 243 g/mol. The van der Waals surface area contributed by atoms with Crippen molar-refractivity contribution in [3.8, 4) is 0 Å². The van der Waals surface area contributed by atoms with Crippen molar-refractivity contribution in [3.63, 3.8) is 0 Å². The minimum atomic E-state index is -4.51. The largest absolute Gasteiger partial charge is 0.418 e. The van der Waals surface area contributed by atoms with Crippen molar-refractivity contribution >= 4 is 11.5 Å². The third-order valence-electron chi connectivity index (χ3n) is 3.15. The van der Waals surface area contributed by atoms with Gasteiger partial charge < -0.3 is 5.73 Å². The highest BCUT2D eigenvalue weighted by Gasteiger charge is 2.35. The topological polar surface area (TPSA) is 43.1 Å². The highest BCUT2D eigenvalue weighted by Crippen LogP contribution is 2.37. The molecule has 0 radical (unpaired) electrons. The van der Waals surface area contributed by atoms with Crippen LogP contribution in [0.1, 0.15) is 35.2 Å². The molecule has 2 nitrogen and oxygen atoms in total. The van der Waals surface area contributed by atoms with Gasteiger partial charge >= 0.3 is 6.18 Å². The van der Waals surface area contributed by atoms with Crippen LogP contribution in [0.15, 0.2) is 18.2 Å². The lowest BCUT2D eigenvalue weighted by Crippen LogP contribution is -2.24. The number of nitrogens with two attached hydrogens (primary N) is 1. The zero-order valence-corrected chi connectivity index (χ0v) is 9.05. The maximum absolute atomic E-state index is 12.6. The number of carbonyl (C=O) groups excluding carboxylic acids is 1. The van der Waals surface area contributed by atoms with E-state index < -0.39 is 17.4 Å². The van der Waals surface area contributed by atoms with E-state index in [1.807, 2.05) is 0 Å². The van der Waals surface area contributed by atoms with Gasteiger partial charge in [-0.1, -0.05) is 12.5 Å². The van der Waals surface area contributed by atoms with Gasteiger partial charge in [-0.15, -0.1) is 0 Å². The number of carbonyl (C=O) groups is 1. The Labute approximate surface area is 96.6 Å². The molecule has 1 aliphatic carbocycles. The molecule has 1 aliphatic rings. The Kier molecular flexibility index (Phi) is 2.85. The van der Waals surface area contributed by atoms with Gasteiger partial charge in [0.1, 0.15) is 0 Å². The number of alkyl halides is 3. The summed E-state index contributed by atoms with van der Waals surface area (Å²) in [5, 5.41) is 0. The van der Waals surface area contributed by atoms with Gasteiger partial charge in [0.05, 0.1) is 11.3 Å². The molecular weight excluding hydrogens is 231 g/mol. The van der Waals surface area contributed by atoms with E-state index in [1.54, 1.807) is 0 Å². The van der Waals surface area contributed by atoms with Crippen LogP contribution in [0.2, 0.25) is 0 Å². The Morgan fingerprint density at radius 1 is 1.29 bits per heavy atom. The number of rotatable bonds is 2. The van der Waals surface area contributed by atoms with Crippen LogP contribution in [0, 0.1) is 5.92 Å². The smallest absolute Gasteiger partial charge is 0.398 e. The second-order valence-electron chi connectivity index (χ2n) is 4.26. The quantitative estimate of drug-likeness (QED) is 0.640. The molecule has 2 N–H and O–H groups in total. The van der Waals surface area contributed by atoms with E-state index in [9.17, 15) is 18.0 Å². The SMILES string of the molecule is Nc1c(C(=O)C2CCC2)cccc1C(F)(F)F. The highest BCUT2D eigenvalue weighted by molar-refractivity contribution is 6.03. The van der Waals surface area contributed by atoms with Crippen molar-refractivity contribution in [2.24, 2.45) is 5.92 Å². The summed E-state index contributed by atoms with van der Waals surface area (Å²) in [6.07, 6.45) is -2.07. The van der Waals surface area contributed by atoms with Crippen LogP contribution in [-0.2, 0) is 6.18 Å². The summed E-state index contributed by atoms with van der Waals surface area (Å²) in [5.41, 5.74) is 4.07. The van der Waals surface area contributed by atoms with Crippen LogP contribution >= 0.6 is 0 Å². The number of hydrogen-bond acceptors (Lipinski definition) is 2. The van der Waals surface area contributed by atoms with Crippen LogP contribution in [0.4, 0.5) is 18.9 Å². The lowest BCUT2D eigenvalue weighted by molar-refractivity contribution is -0.136. The minimum absolute atomic E-state index is 0.00419. The van der Waals surface area contributed by atoms with Crippen molar-refractivity contribution in [1.29, 1.82) is 0 Å². The number of hydrogen-bond donors (Lipinski definition) is 1. The van der Waals surface area contributed by atoms with Gasteiger partial charge in [-0.25, -0.2) is 0 Å². The summed E-state index contributed by atoms with van der Waals surface area (Å²) >= 11 is 0. The minimum Gasteiger partial charge on any atom is -0.398 e. The number of para-hydroxylation sites is 1. The van der Waals surface area contributed by atoms with Gasteiger partial charge in [0.15, 0.2) is 5.78 Å². The zero-order chi connectivity index (χ0) is 12.6. The molecule has 0 unspecified atom stereocenters. The van der Waals surface area contributed by atoms with Crippen molar-refractivity contribution in [3.05, 3.63) is 29.3 Å². The maximum Gasteiger partial charge on any atom is 0.418 e. The molecule has 17 heavy (non-hydrogen) atoms. The molecule has 0 bridgehead atoms. The van der Waals surface area contributed by atoms with Crippen LogP contribution in [0.25, 0.3) is 0 Å². The molecule has 1 aromatic carbocycles. The first-order chi connectivity index (χ1) is 7.91. The number of nitrogen functional groups attached to an aromatic ring is 1. The summed E-state index contributed by atoms with van der Waals surface area (Å²) < 4.78 is 37.8. The number of halogens is 3. The molecule has 0 saturated heterocycles. The summed E-state index contributed by atoms with van der Waals surface area (Å²) in [7, 11) is 0. The van der Waals surface area contributed by atoms with Crippen LogP contribution in [-0.4, -0.2) is 5.78 Å². The molecule has 2 rings (SSSR count). The Bertz CT molecular complexity index is 450. The number of benzene rings is 1. The van der Waals surface area contributed by atoms with Crippen molar-refractivity contribution in [2.75, 3.05) is 5.73 Å². The van der Waals surface area contributed by atoms with Crippen LogP contribution < -0.4 is 5.73 Å². The molecule has 0 atom stereocenters. The number of ketones is 1. The molecule has 1 saturated carbocycles. The van der Waals surface area contributed by atoms with Crippen LogP contribution in [0.5, 0.6) is 0 Å². The molecule has 0 aliphatic heterocycles. The fourth-order valence-corrected chi connectivity index (χ4v) is 1.92. The normalized spacial score (nSPS) is 16.6. The maximum atomic E-state index is 12.6. The van der Waals surface area contributed by atoms with Gasteiger partial charge in [0, 0.05) is 11.5 Å². The molecular formula is C12H12F3NO. The van der Waals surface area contributed by atoms with E-state index in [0.717, 1.165) is 25.3 Å². The zero-order valence-electron chi connectivity index (χ0n) is 9.05. The Morgan fingerprint density at radius 3 is 2.41 bits per heavy atom. The molecule has 0 heterocycles. The first-order valence-electron chi connectivity index (χ1n) is 5.41. The fourth-order valence-electron chi connectivity index (χ4n) is 1.92. The summed E-state index contributed by atoms with van der Waals surface area (Å²) in [6.45, 7) is 0. The predicted molar refractivity (Wildman–Crippen MR) is 57.5 cm³/mol. The van der Waals surface area contributed by atoms with E-state index in [0.29, 0.717) is 0 Å². The Hall–Kier alpha value is -1.52. The van der Waals surface area contributed by atoms with Crippen molar-refractivity contribution < 1.29 is 18.0 Å². The number of Topliss-reactive ketones (excluding diaryl/α,β-unsaturated/α-hetero) is 1. The molecule has 0 spiro atoms. The standard InChI is InChI=1S/C12H12F3NO/c13-12(14,15)9-6-2-5-8(10(9)16)11(17)7-3-1-4-7/h2,5-7H,1,3-4,16H2. The lowest BCUT2D eigenvalue weighted by Gasteiger charge is -2.25. The van der Waals surface area contributed by atoms with Crippen molar-refractivity contribution in [2.45, 2.75) is 25.4 Å². The van der Waals surface area contributed by atoms with E-state index >= 15 is 0 Å². The highest BCUT2D eigenvalue weighted by atomic mass is 19.4.